The topological polar surface area (TPSA) is 112 Å². The van der Waals surface area contributed by atoms with Crippen molar-refractivity contribution in [3.05, 3.63) is 95.4 Å². The number of aromatic nitrogens is 4. The summed E-state index contributed by atoms with van der Waals surface area (Å²) >= 11 is 6.21. The molecule has 0 bridgehead atoms. The Balaban J connectivity index is 1.51. The average Bonchev–Trinajstić information content (AvgIpc) is 3.22. The number of carbonyl (C=O) groups excluding carboxylic acids is 1. The van der Waals surface area contributed by atoms with E-state index in [-0.39, 0.29) is 5.91 Å². The number of anilines is 5. The number of hydrogen-bond acceptors (Lipinski definition) is 8. The second-order valence-corrected chi connectivity index (χ2v) is 9.51. The summed E-state index contributed by atoms with van der Waals surface area (Å²) in [5.74, 6) is 0.791. The Hall–Kier alpha value is -4.25. The Kier molecular flexibility index (Phi) is 9.63. The van der Waals surface area contributed by atoms with Crippen molar-refractivity contribution >= 4 is 46.3 Å². The third-order valence-electron chi connectivity index (χ3n) is 5.51. The summed E-state index contributed by atoms with van der Waals surface area (Å²) in [5, 5.41) is 17.3. The third kappa shape index (κ3) is 8.64. The Morgan fingerprint density at radius 1 is 1.05 bits per heavy atom. The number of carbonyl (C=O) groups is 1. The first-order valence-electron chi connectivity index (χ1n) is 12.4. The first-order chi connectivity index (χ1) is 18.9. The van der Waals surface area contributed by atoms with E-state index in [1.807, 2.05) is 67.5 Å². The Labute approximate surface area is 233 Å². The molecule has 0 saturated heterocycles. The van der Waals surface area contributed by atoms with E-state index in [9.17, 15) is 4.79 Å². The molecule has 1 amide bonds. The van der Waals surface area contributed by atoms with E-state index in [2.05, 4.69) is 43.5 Å². The maximum Gasteiger partial charge on any atom is 0.248 e. The molecular weight excluding hydrogens is 514 g/mol. The van der Waals surface area contributed by atoms with Crippen LogP contribution in [0.25, 0.3) is 0 Å². The Morgan fingerprint density at radius 2 is 1.85 bits per heavy atom. The zero-order chi connectivity index (χ0) is 27.6. The van der Waals surface area contributed by atoms with Gasteiger partial charge in [0.15, 0.2) is 5.15 Å². The lowest BCUT2D eigenvalue weighted by atomic mass is 10.2. The average molecular weight is 546 g/mol. The van der Waals surface area contributed by atoms with Crippen LogP contribution in [0.2, 0.25) is 5.15 Å². The summed E-state index contributed by atoms with van der Waals surface area (Å²) < 4.78 is 1.61. The number of halogens is 1. The van der Waals surface area contributed by atoms with Crippen LogP contribution in [-0.2, 0) is 24.9 Å². The van der Waals surface area contributed by atoms with Crippen molar-refractivity contribution < 1.29 is 4.79 Å². The number of aryl methyl sites for hydroxylation is 1. The molecule has 0 aliphatic rings. The molecule has 0 spiro atoms. The van der Waals surface area contributed by atoms with Gasteiger partial charge >= 0.3 is 0 Å². The summed E-state index contributed by atoms with van der Waals surface area (Å²) in [6, 6.07) is 17.6. The highest BCUT2D eigenvalue weighted by molar-refractivity contribution is 6.32. The zero-order valence-corrected chi connectivity index (χ0v) is 22.9. The van der Waals surface area contributed by atoms with Gasteiger partial charge in [-0.1, -0.05) is 54.1 Å². The number of amides is 1. The summed E-state index contributed by atoms with van der Waals surface area (Å²) in [7, 11) is 5.68. The van der Waals surface area contributed by atoms with Gasteiger partial charge in [-0.25, -0.2) is 4.98 Å². The first kappa shape index (κ1) is 27.8. The second kappa shape index (κ2) is 13.5. The van der Waals surface area contributed by atoms with Crippen molar-refractivity contribution in [1.29, 1.82) is 0 Å². The fourth-order valence-electron chi connectivity index (χ4n) is 3.67. The second-order valence-electron chi connectivity index (χ2n) is 9.15. The van der Waals surface area contributed by atoms with Gasteiger partial charge in [-0.2, -0.15) is 10.1 Å². The fraction of sp³-hybridized carbons (Fsp3) is 0.214. The molecule has 2 heterocycles. The molecule has 0 radical (unpaired) electrons. The van der Waals surface area contributed by atoms with Gasteiger partial charge in [0.25, 0.3) is 0 Å². The van der Waals surface area contributed by atoms with Crippen LogP contribution in [0.3, 0.4) is 0 Å². The number of benzene rings is 2. The van der Waals surface area contributed by atoms with E-state index in [0.717, 1.165) is 11.3 Å². The molecule has 0 fully saturated rings. The molecule has 0 saturated carbocycles. The van der Waals surface area contributed by atoms with Gasteiger partial charge in [0.1, 0.15) is 5.82 Å². The standard InChI is InChI=1S/C28H32ClN9O/c1-37(2)14-8-13-25(39)32-22-11-7-12-23(15-22)33-27-21(17-30-16-20-9-5-4-6-10-20)18-31-28(35-27)34-24-19-38(3)36-26(24)29/h4-13,15,18-19,30H,14,16-17H2,1-3H3,(H,32,39)(H2,31,33,34,35)/b13-8+. The molecule has 0 aliphatic heterocycles. The van der Waals surface area contributed by atoms with Crippen molar-refractivity contribution in [2.24, 2.45) is 7.05 Å². The third-order valence-corrected chi connectivity index (χ3v) is 5.79. The first-order valence-corrected chi connectivity index (χ1v) is 12.8. The highest BCUT2D eigenvalue weighted by Gasteiger charge is 2.12. The van der Waals surface area contributed by atoms with E-state index in [0.29, 0.717) is 47.9 Å². The number of hydrogen-bond donors (Lipinski definition) is 4. The largest absolute Gasteiger partial charge is 0.340 e. The molecule has 0 aliphatic carbocycles. The SMILES string of the molecule is CN(C)C/C=C/C(=O)Nc1cccc(Nc2nc(Nc3cn(C)nc3Cl)ncc2CNCc2ccccc2)c1. The van der Waals surface area contributed by atoms with Gasteiger partial charge in [-0.05, 0) is 37.9 Å². The maximum absolute atomic E-state index is 12.3. The van der Waals surface area contributed by atoms with E-state index in [1.165, 1.54) is 11.6 Å². The molecule has 0 unspecified atom stereocenters. The van der Waals surface area contributed by atoms with Gasteiger partial charge in [0, 0.05) is 62.1 Å². The monoisotopic (exact) mass is 545 g/mol. The van der Waals surface area contributed by atoms with Crippen LogP contribution >= 0.6 is 11.6 Å². The van der Waals surface area contributed by atoms with Gasteiger partial charge in [-0.3, -0.25) is 9.48 Å². The lowest BCUT2D eigenvalue weighted by molar-refractivity contribution is -0.111. The Bertz CT molecular complexity index is 1420. The Morgan fingerprint density at radius 3 is 2.59 bits per heavy atom. The van der Waals surface area contributed by atoms with Crippen LogP contribution in [0.1, 0.15) is 11.1 Å². The smallest absolute Gasteiger partial charge is 0.248 e. The molecule has 2 aromatic carbocycles. The molecule has 2 aromatic heterocycles. The minimum Gasteiger partial charge on any atom is -0.340 e. The van der Waals surface area contributed by atoms with Crippen molar-refractivity contribution in [1.82, 2.24) is 30.0 Å². The van der Waals surface area contributed by atoms with E-state index < -0.39 is 0 Å². The van der Waals surface area contributed by atoms with Gasteiger partial charge in [0.05, 0.1) is 5.69 Å². The van der Waals surface area contributed by atoms with Gasteiger partial charge in [-0.15, -0.1) is 0 Å². The minimum absolute atomic E-state index is 0.193. The highest BCUT2D eigenvalue weighted by atomic mass is 35.5. The van der Waals surface area contributed by atoms with Crippen molar-refractivity contribution in [3.63, 3.8) is 0 Å². The van der Waals surface area contributed by atoms with Gasteiger partial charge in [0.2, 0.25) is 11.9 Å². The number of nitrogens with zero attached hydrogens (tertiary/aromatic N) is 5. The lowest BCUT2D eigenvalue weighted by Crippen LogP contribution is -2.15. The molecule has 0 atom stereocenters. The fourth-order valence-corrected chi connectivity index (χ4v) is 3.89. The molecule has 4 N–H and O–H groups in total. The number of rotatable bonds is 12. The maximum atomic E-state index is 12.3. The lowest BCUT2D eigenvalue weighted by Gasteiger charge is -2.14. The predicted octanol–water partition coefficient (Wildman–Crippen LogP) is 4.70. The van der Waals surface area contributed by atoms with E-state index >= 15 is 0 Å². The van der Waals surface area contributed by atoms with Crippen molar-refractivity contribution in [2.45, 2.75) is 13.1 Å². The molecule has 202 valence electrons. The predicted molar refractivity (Wildman–Crippen MR) is 157 cm³/mol. The van der Waals surface area contributed by atoms with Gasteiger partial charge < -0.3 is 26.2 Å². The highest BCUT2D eigenvalue weighted by Crippen LogP contribution is 2.26. The minimum atomic E-state index is -0.193. The molecule has 39 heavy (non-hydrogen) atoms. The van der Waals surface area contributed by atoms with Crippen LogP contribution in [0.4, 0.5) is 28.8 Å². The summed E-state index contributed by atoms with van der Waals surface area (Å²) in [5.41, 5.74) is 4.08. The van der Waals surface area contributed by atoms with Crippen molar-refractivity contribution in [2.75, 3.05) is 36.6 Å². The quantitative estimate of drug-likeness (QED) is 0.190. The van der Waals surface area contributed by atoms with E-state index in [4.69, 9.17) is 16.6 Å². The normalized spacial score (nSPS) is 11.2. The van der Waals surface area contributed by atoms with Crippen LogP contribution in [-0.4, -0.2) is 51.2 Å². The molecule has 4 aromatic rings. The zero-order valence-electron chi connectivity index (χ0n) is 22.1. The summed E-state index contributed by atoms with van der Waals surface area (Å²) in [4.78, 5) is 23.5. The summed E-state index contributed by atoms with van der Waals surface area (Å²) in [6.45, 7) is 1.93. The molecule has 10 nitrogen and oxygen atoms in total. The summed E-state index contributed by atoms with van der Waals surface area (Å²) in [6.07, 6.45) is 6.87. The van der Waals surface area contributed by atoms with Crippen LogP contribution in [0.5, 0.6) is 0 Å². The van der Waals surface area contributed by atoms with Crippen LogP contribution in [0, 0.1) is 0 Å². The van der Waals surface area contributed by atoms with Crippen LogP contribution in [0.15, 0.2) is 79.1 Å². The molecule has 4 rings (SSSR count). The molecular formula is C28H32ClN9O. The van der Waals surface area contributed by atoms with Crippen molar-refractivity contribution in [3.8, 4) is 0 Å². The molecule has 11 heteroatoms. The number of likely N-dealkylation sites (N-methyl/N-ethyl adjacent to an activating group) is 1. The van der Waals surface area contributed by atoms with Crippen LogP contribution < -0.4 is 21.3 Å². The van der Waals surface area contributed by atoms with E-state index in [1.54, 1.807) is 24.1 Å². The number of nitrogens with one attached hydrogen (secondary N) is 4.